The number of rotatable bonds is 3. The minimum atomic E-state index is 0.742. The normalized spacial score (nSPS) is 17.4. The summed E-state index contributed by atoms with van der Waals surface area (Å²) >= 11 is 3.83. The van der Waals surface area contributed by atoms with Crippen molar-refractivity contribution in [3.8, 4) is 0 Å². The second kappa shape index (κ2) is 3.98. The van der Waals surface area contributed by atoms with Crippen molar-refractivity contribution in [3.63, 3.8) is 0 Å². The predicted octanol–water partition coefficient (Wildman–Crippen LogP) is 1.96. The highest BCUT2D eigenvalue weighted by atomic mass is 32.2. The molecule has 1 aliphatic heterocycles. The second-order valence-electron chi connectivity index (χ2n) is 3.36. The Morgan fingerprint density at radius 2 is 2.23 bits per heavy atom. The Bertz CT molecular complexity index is 292. The van der Waals surface area contributed by atoms with Crippen LogP contribution < -0.4 is 5.32 Å². The smallest absolute Gasteiger partial charge is 0.0900 e. The Labute approximate surface area is 87.1 Å². The first-order valence-electron chi connectivity index (χ1n) is 4.50. The standard InChI is InChI=1S/C9H14N2S2/c1-6-9(13-7(2)11-6)3-10-8-4-12-5-8/h8,10H,3-5H2,1-2H3. The third-order valence-corrected chi connectivity index (χ3v) is 4.54. The molecular formula is C9H14N2S2. The van der Waals surface area contributed by atoms with Crippen molar-refractivity contribution in [2.45, 2.75) is 26.4 Å². The molecule has 0 saturated carbocycles. The molecule has 1 aliphatic rings. The van der Waals surface area contributed by atoms with E-state index in [0.29, 0.717) is 0 Å². The Kier molecular flexibility index (Phi) is 2.91. The van der Waals surface area contributed by atoms with Gasteiger partial charge in [0.15, 0.2) is 0 Å². The van der Waals surface area contributed by atoms with Crippen LogP contribution in [0.5, 0.6) is 0 Å². The fourth-order valence-electron chi connectivity index (χ4n) is 1.33. The zero-order chi connectivity index (χ0) is 9.26. The number of nitrogens with zero attached hydrogens (tertiary/aromatic N) is 1. The first kappa shape index (κ1) is 9.49. The second-order valence-corrected chi connectivity index (χ2v) is 5.72. The topological polar surface area (TPSA) is 24.9 Å². The van der Waals surface area contributed by atoms with Gasteiger partial charge in [0.1, 0.15) is 0 Å². The minimum absolute atomic E-state index is 0.742. The maximum absolute atomic E-state index is 4.41. The van der Waals surface area contributed by atoms with Crippen LogP contribution in [0.3, 0.4) is 0 Å². The molecule has 1 fully saturated rings. The third kappa shape index (κ3) is 2.24. The molecule has 0 atom stereocenters. The van der Waals surface area contributed by atoms with Gasteiger partial charge in [0, 0.05) is 29.0 Å². The summed E-state index contributed by atoms with van der Waals surface area (Å²) in [6.07, 6.45) is 0. The summed E-state index contributed by atoms with van der Waals surface area (Å²) in [6, 6.07) is 0.742. The van der Waals surface area contributed by atoms with Gasteiger partial charge in [0.2, 0.25) is 0 Å². The van der Waals surface area contributed by atoms with Gasteiger partial charge >= 0.3 is 0 Å². The molecule has 0 spiro atoms. The van der Waals surface area contributed by atoms with Gasteiger partial charge in [0.05, 0.1) is 10.7 Å². The highest BCUT2D eigenvalue weighted by Gasteiger charge is 2.17. The number of hydrogen-bond acceptors (Lipinski definition) is 4. The zero-order valence-electron chi connectivity index (χ0n) is 7.96. The van der Waals surface area contributed by atoms with E-state index in [2.05, 4.69) is 24.1 Å². The van der Waals surface area contributed by atoms with Gasteiger partial charge in [-0.05, 0) is 13.8 Å². The fourth-order valence-corrected chi connectivity index (χ4v) is 2.92. The van der Waals surface area contributed by atoms with Crippen molar-refractivity contribution in [2.24, 2.45) is 0 Å². The molecule has 2 rings (SSSR count). The lowest BCUT2D eigenvalue weighted by molar-refractivity contribution is 0.585. The van der Waals surface area contributed by atoms with E-state index >= 15 is 0 Å². The van der Waals surface area contributed by atoms with Crippen LogP contribution in [-0.4, -0.2) is 22.5 Å². The van der Waals surface area contributed by atoms with Crippen molar-refractivity contribution in [1.82, 2.24) is 10.3 Å². The van der Waals surface area contributed by atoms with Gasteiger partial charge in [-0.3, -0.25) is 0 Å². The molecule has 0 unspecified atom stereocenters. The van der Waals surface area contributed by atoms with E-state index < -0.39 is 0 Å². The monoisotopic (exact) mass is 214 g/mol. The summed E-state index contributed by atoms with van der Waals surface area (Å²) in [6.45, 7) is 5.17. The van der Waals surface area contributed by atoms with E-state index in [9.17, 15) is 0 Å². The van der Waals surface area contributed by atoms with Crippen molar-refractivity contribution in [3.05, 3.63) is 15.6 Å². The average molecular weight is 214 g/mol. The molecule has 2 nitrogen and oxygen atoms in total. The lowest BCUT2D eigenvalue weighted by Gasteiger charge is -2.25. The lowest BCUT2D eigenvalue weighted by atomic mass is 10.3. The molecule has 0 bridgehead atoms. The van der Waals surface area contributed by atoms with Crippen LogP contribution in [0.4, 0.5) is 0 Å². The summed E-state index contributed by atoms with van der Waals surface area (Å²) < 4.78 is 0. The largest absolute Gasteiger partial charge is 0.307 e. The maximum atomic E-state index is 4.41. The molecule has 72 valence electrons. The van der Waals surface area contributed by atoms with Crippen molar-refractivity contribution >= 4 is 23.1 Å². The van der Waals surface area contributed by atoms with Gasteiger partial charge in [-0.25, -0.2) is 4.98 Å². The SMILES string of the molecule is Cc1nc(C)c(CNC2CSC2)s1. The number of hydrogen-bond donors (Lipinski definition) is 1. The summed E-state index contributed by atoms with van der Waals surface area (Å²) in [5.74, 6) is 2.55. The molecule has 0 aromatic carbocycles. The van der Waals surface area contributed by atoms with Gasteiger partial charge in [-0.1, -0.05) is 0 Å². The predicted molar refractivity (Wildman–Crippen MR) is 59.5 cm³/mol. The van der Waals surface area contributed by atoms with Crippen LogP contribution in [0.2, 0.25) is 0 Å². The summed E-state index contributed by atoms with van der Waals surface area (Å²) in [5, 5.41) is 4.72. The van der Waals surface area contributed by atoms with Gasteiger partial charge in [0.25, 0.3) is 0 Å². The molecule has 1 saturated heterocycles. The highest BCUT2D eigenvalue weighted by Crippen LogP contribution is 2.20. The van der Waals surface area contributed by atoms with E-state index in [0.717, 1.165) is 12.6 Å². The molecule has 4 heteroatoms. The molecule has 0 radical (unpaired) electrons. The quantitative estimate of drug-likeness (QED) is 0.832. The molecule has 0 aliphatic carbocycles. The Morgan fingerprint density at radius 3 is 2.69 bits per heavy atom. The number of aromatic nitrogens is 1. The average Bonchev–Trinajstić information content (AvgIpc) is 2.27. The lowest BCUT2D eigenvalue weighted by Crippen LogP contribution is -2.39. The Balaban J connectivity index is 1.89. The van der Waals surface area contributed by atoms with Crippen LogP contribution >= 0.6 is 23.1 Å². The molecule has 1 aromatic rings. The van der Waals surface area contributed by atoms with E-state index in [1.165, 1.54) is 27.1 Å². The Hall–Kier alpha value is -0.0600. The summed E-state index contributed by atoms with van der Waals surface area (Å²) in [5.41, 5.74) is 1.20. The van der Waals surface area contributed by atoms with Crippen LogP contribution in [0.15, 0.2) is 0 Å². The minimum Gasteiger partial charge on any atom is -0.307 e. The van der Waals surface area contributed by atoms with Crippen LogP contribution in [0.25, 0.3) is 0 Å². The first-order chi connectivity index (χ1) is 6.25. The maximum Gasteiger partial charge on any atom is 0.0900 e. The summed E-state index contributed by atoms with van der Waals surface area (Å²) in [7, 11) is 0. The van der Waals surface area contributed by atoms with Gasteiger partial charge in [-0.15, -0.1) is 11.3 Å². The van der Waals surface area contributed by atoms with Crippen molar-refractivity contribution in [2.75, 3.05) is 11.5 Å². The van der Waals surface area contributed by atoms with E-state index in [4.69, 9.17) is 0 Å². The molecule has 13 heavy (non-hydrogen) atoms. The molecule has 1 N–H and O–H groups in total. The highest BCUT2D eigenvalue weighted by molar-refractivity contribution is 8.00. The molecule has 1 aromatic heterocycles. The van der Waals surface area contributed by atoms with Gasteiger partial charge < -0.3 is 5.32 Å². The number of thiazole rings is 1. The number of aryl methyl sites for hydroxylation is 2. The molecule has 0 amide bonds. The van der Waals surface area contributed by atoms with E-state index in [-0.39, 0.29) is 0 Å². The van der Waals surface area contributed by atoms with Crippen LogP contribution in [0, 0.1) is 13.8 Å². The number of nitrogens with one attached hydrogen (secondary N) is 1. The van der Waals surface area contributed by atoms with E-state index in [1.807, 2.05) is 23.1 Å². The zero-order valence-corrected chi connectivity index (χ0v) is 9.60. The third-order valence-electron chi connectivity index (χ3n) is 2.19. The summed E-state index contributed by atoms with van der Waals surface area (Å²) in [4.78, 5) is 5.80. The molecular weight excluding hydrogens is 200 g/mol. The first-order valence-corrected chi connectivity index (χ1v) is 6.47. The number of thioether (sulfide) groups is 1. The van der Waals surface area contributed by atoms with Crippen LogP contribution in [-0.2, 0) is 6.54 Å². The molecule has 2 heterocycles. The fraction of sp³-hybridized carbons (Fsp3) is 0.667. The van der Waals surface area contributed by atoms with Crippen molar-refractivity contribution in [1.29, 1.82) is 0 Å². The Morgan fingerprint density at radius 1 is 1.46 bits per heavy atom. The van der Waals surface area contributed by atoms with Gasteiger partial charge in [-0.2, -0.15) is 11.8 Å². The van der Waals surface area contributed by atoms with E-state index in [1.54, 1.807) is 0 Å². The van der Waals surface area contributed by atoms with Crippen LogP contribution in [0.1, 0.15) is 15.6 Å². The van der Waals surface area contributed by atoms with Crippen molar-refractivity contribution < 1.29 is 0 Å².